The fourth-order valence-corrected chi connectivity index (χ4v) is 6.95. The molecule has 0 aromatic heterocycles. The number of hydrogen-bond acceptors (Lipinski definition) is 10. The molecule has 4 aromatic carbocycles. The standard InChI is InChI=1S/C48H64N2O8/c1-7-27-49(28-8-2)45(35-39-21-23-41(53-5)43(33-39)55-31-25-37-17-13-11-14-18-37)57-47(51)48(52)58-46(50(29-9-3)30-10-4)36-40-22-24-42(54-6)44(34-40)56-32-26-38-19-15-12-16-20-38/h11-24,33-34,45-46H,7-10,25-32,35-36H2,1-6H3. The number of hydrogen-bond donors (Lipinski definition) is 0. The van der Waals surface area contributed by atoms with Crippen LogP contribution in [0.25, 0.3) is 0 Å². The van der Waals surface area contributed by atoms with Gasteiger partial charge in [-0.05, 0) is 72.2 Å². The van der Waals surface area contributed by atoms with E-state index in [2.05, 4.69) is 61.8 Å². The van der Waals surface area contributed by atoms with Crippen LogP contribution in [0.15, 0.2) is 97.1 Å². The Morgan fingerprint density at radius 2 is 0.845 bits per heavy atom. The lowest BCUT2D eigenvalue weighted by atomic mass is 10.1. The monoisotopic (exact) mass is 796 g/mol. The van der Waals surface area contributed by atoms with E-state index in [4.69, 9.17) is 28.4 Å². The molecule has 0 radical (unpaired) electrons. The van der Waals surface area contributed by atoms with E-state index in [0.717, 1.165) is 49.7 Å². The molecule has 10 heteroatoms. The molecular formula is C48H64N2O8. The minimum absolute atomic E-state index is 0.345. The van der Waals surface area contributed by atoms with Crippen molar-refractivity contribution < 1.29 is 38.0 Å². The predicted octanol–water partition coefficient (Wildman–Crippen LogP) is 8.71. The van der Waals surface area contributed by atoms with Crippen molar-refractivity contribution in [2.45, 2.75) is 91.5 Å². The SMILES string of the molecule is CCCN(CCC)C(Cc1ccc(OC)c(OCCc2ccccc2)c1)OC(=O)C(=O)OC(Cc1ccc(OC)c(OCCc2ccccc2)c1)N(CCC)CCC. The first kappa shape index (κ1) is 45.6. The zero-order valence-corrected chi connectivity index (χ0v) is 35.5. The van der Waals surface area contributed by atoms with E-state index in [9.17, 15) is 9.59 Å². The van der Waals surface area contributed by atoms with Gasteiger partial charge in [0.1, 0.15) is 0 Å². The molecule has 10 nitrogen and oxygen atoms in total. The minimum atomic E-state index is -1.02. The van der Waals surface area contributed by atoms with Crippen molar-refractivity contribution in [3.63, 3.8) is 0 Å². The number of ether oxygens (including phenoxy) is 6. The Morgan fingerprint density at radius 3 is 1.17 bits per heavy atom. The highest BCUT2D eigenvalue weighted by Crippen LogP contribution is 2.31. The smallest absolute Gasteiger partial charge is 0.419 e. The summed E-state index contributed by atoms with van der Waals surface area (Å²) in [6, 6.07) is 31.8. The maximum absolute atomic E-state index is 13.8. The van der Waals surface area contributed by atoms with Gasteiger partial charge in [0.2, 0.25) is 0 Å². The van der Waals surface area contributed by atoms with Crippen LogP contribution in [0, 0.1) is 0 Å². The van der Waals surface area contributed by atoms with Gasteiger partial charge < -0.3 is 28.4 Å². The molecule has 0 spiro atoms. The van der Waals surface area contributed by atoms with Gasteiger partial charge in [0.05, 0.1) is 27.4 Å². The average molecular weight is 797 g/mol. The van der Waals surface area contributed by atoms with E-state index in [-0.39, 0.29) is 0 Å². The fourth-order valence-electron chi connectivity index (χ4n) is 6.95. The largest absolute Gasteiger partial charge is 0.493 e. The second-order valence-corrected chi connectivity index (χ2v) is 14.3. The van der Waals surface area contributed by atoms with Gasteiger partial charge in [-0.3, -0.25) is 9.80 Å². The highest BCUT2D eigenvalue weighted by Gasteiger charge is 2.31. The molecule has 2 atom stereocenters. The minimum Gasteiger partial charge on any atom is -0.493 e. The second kappa shape index (κ2) is 25.3. The summed E-state index contributed by atoms with van der Waals surface area (Å²) in [6.45, 7) is 12.0. The summed E-state index contributed by atoms with van der Waals surface area (Å²) in [4.78, 5) is 31.8. The molecule has 0 saturated carbocycles. The maximum atomic E-state index is 13.8. The van der Waals surface area contributed by atoms with Crippen LogP contribution in [0.4, 0.5) is 0 Å². The molecule has 0 aliphatic carbocycles. The van der Waals surface area contributed by atoms with Crippen molar-refractivity contribution in [3.05, 3.63) is 119 Å². The number of methoxy groups -OCH3 is 2. The van der Waals surface area contributed by atoms with Crippen LogP contribution in [0.5, 0.6) is 23.0 Å². The molecular weight excluding hydrogens is 733 g/mol. The summed E-state index contributed by atoms with van der Waals surface area (Å²) in [5, 5.41) is 0. The number of carbonyl (C=O) groups excluding carboxylic acids is 2. The summed E-state index contributed by atoms with van der Waals surface area (Å²) in [5.74, 6) is 0.406. The highest BCUT2D eigenvalue weighted by atomic mass is 16.6. The molecule has 58 heavy (non-hydrogen) atoms. The van der Waals surface area contributed by atoms with Crippen molar-refractivity contribution >= 4 is 11.9 Å². The van der Waals surface area contributed by atoms with Gasteiger partial charge in [-0.15, -0.1) is 0 Å². The molecule has 0 heterocycles. The van der Waals surface area contributed by atoms with Crippen molar-refractivity contribution in [2.75, 3.05) is 53.6 Å². The summed E-state index contributed by atoms with van der Waals surface area (Å²) in [5.41, 5.74) is 4.13. The summed E-state index contributed by atoms with van der Waals surface area (Å²) >= 11 is 0. The zero-order valence-electron chi connectivity index (χ0n) is 35.5. The van der Waals surface area contributed by atoms with Gasteiger partial charge in [-0.1, -0.05) is 100 Å². The van der Waals surface area contributed by atoms with Crippen LogP contribution < -0.4 is 18.9 Å². The van der Waals surface area contributed by atoms with Gasteiger partial charge in [-0.2, -0.15) is 0 Å². The third kappa shape index (κ3) is 14.7. The Labute approximate surface area is 346 Å². The number of nitrogens with zero attached hydrogens (tertiary/aromatic N) is 2. The zero-order chi connectivity index (χ0) is 41.5. The number of esters is 2. The molecule has 0 saturated heterocycles. The quantitative estimate of drug-likeness (QED) is 0.0349. The Balaban J connectivity index is 1.51. The lowest BCUT2D eigenvalue weighted by molar-refractivity contribution is -0.185. The molecule has 2 unspecified atom stereocenters. The summed E-state index contributed by atoms with van der Waals surface area (Å²) < 4.78 is 35.8. The maximum Gasteiger partial charge on any atom is 0.419 e. The van der Waals surface area contributed by atoms with Crippen molar-refractivity contribution in [2.24, 2.45) is 0 Å². The van der Waals surface area contributed by atoms with Crippen LogP contribution in [-0.2, 0) is 44.7 Å². The van der Waals surface area contributed by atoms with Gasteiger partial charge in [0.25, 0.3) is 0 Å². The van der Waals surface area contributed by atoms with Crippen molar-refractivity contribution in [1.29, 1.82) is 0 Å². The average Bonchev–Trinajstić information content (AvgIpc) is 3.24. The lowest BCUT2D eigenvalue weighted by Crippen LogP contribution is -2.45. The normalized spacial score (nSPS) is 12.2. The van der Waals surface area contributed by atoms with Crippen LogP contribution in [0.3, 0.4) is 0 Å². The van der Waals surface area contributed by atoms with E-state index >= 15 is 0 Å². The highest BCUT2D eigenvalue weighted by molar-refractivity contribution is 6.29. The molecule has 0 bridgehead atoms. The van der Waals surface area contributed by atoms with Crippen LogP contribution in [0.1, 0.15) is 75.6 Å². The molecule has 0 fully saturated rings. The molecule has 0 aliphatic rings. The molecule has 314 valence electrons. The van der Waals surface area contributed by atoms with Crippen LogP contribution >= 0.6 is 0 Å². The first-order valence-corrected chi connectivity index (χ1v) is 20.9. The topological polar surface area (TPSA) is 96.0 Å². The Hall–Kier alpha value is -5.06. The first-order chi connectivity index (χ1) is 28.3. The van der Waals surface area contributed by atoms with Crippen molar-refractivity contribution in [1.82, 2.24) is 9.80 Å². The van der Waals surface area contributed by atoms with E-state index < -0.39 is 24.4 Å². The molecule has 4 aromatic rings. The summed E-state index contributed by atoms with van der Waals surface area (Å²) in [6.07, 6.45) is 4.16. The third-order valence-electron chi connectivity index (χ3n) is 9.77. The Kier molecular flexibility index (Phi) is 19.9. The van der Waals surface area contributed by atoms with E-state index in [0.29, 0.717) is 75.2 Å². The molecule has 0 aliphatic heterocycles. The van der Waals surface area contributed by atoms with Gasteiger partial charge in [0.15, 0.2) is 35.5 Å². The Bertz CT molecular complexity index is 1640. The van der Waals surface area contributed by atoms with Gasteiger partial charge in [0, 0.05) is 51.9 Å². The van der Waals surface area contributed by atoms with E-state index in [1.54, 1.807) is 14.2 Å². The molecule has 0 N–H and O–H groups in total. The Morgan fingerprint density at radius 1 is 0.483 bits per heavy atom. The van der Waals surface area contributed by atoms with Gasteiger partial charge in [-0.25, -0.2) is 9.59 Å². The number of benzene rings is 4. The summed E-state index contributed by atoms with van der Waals surface area (Å²) in [7, 11) is 3.23. The van der Waals surface area contributed by atoms with E-state index in [1.807, 2.05) is 72.8 Å². The number of carbonyl (C=O) groups is 2. The van der Waals surface area contributed by atoms with Crippen LogP contribution in [-0.4, -0.2) is 87.8 Å². The van der Waals surface area contributed by atoms with Crippen molar-refractivity contribution in [3.8, 4) is 23.0 Å². The van der Waals surface area contributed by atoms with E-state index in [1.165, 1.54) is 11.1 Å². The second-order valence-electron chi connectivity index (χ2n) is 14.3. The lowest BCUT2D eigenvalue weighted by Gasteiger charge is -2.32. The van der Waals surface area contributed by atoms with Crippen LogP contribution in [0.2, 0.25) is 0 Å². The predicted molar refractivity (Wildman–Crippen MR) is 229 cm³/mol. The fraction of sp³-hybridized carbons (Fsp3) is 0.458. The van der Waals surface area contributed by atoms with Gasteiger partial charge >= 0.3 is 11.9 Å². The first-order valence-electron chi connectivity index (χ1n) is 20.9. The number of rotatable bonds is 26. The molecule has 0 amide bonds. The third-order valence-corrected chi connectivity index (χ3v) is 9.77. The molecule has 4 rings (SSSR count).